The van der Waals surface area contributed by atoms with Gasteiger partial charge in [-0.1, -0.05) is 32.9 Å². The summed E-state index contributed by atoms with van der Waals surface area (Å²) in [7, 11) is 1.92. The first-order chi connectivity index (χ1) is 16.6. The van der Waals surface area contributed by atoms with Crippen LogP contribution in [0.5, 0.6) is 5.75 Å². The highest BCUT2D eigenvalue weighted by molar-refractivity contribution is 5.87. The second-order valence-corrected chi connectivity index (χ2v) is 12.1. The van der Waals surface area contributed by atoms with Crippen LogP contribution in [-0.4, -0.2) is 27.2 Å². The van der Waals surface area contributed by atoms with Gasteiger partial charge in [-0.25, -0.2) is 4.98 Å². The maximum Gasteiger partial charge on any atom is 0.203 e. The summed E-state index contributed by atoms with van der Waals surface area (Å²) in [5.74, 6) is 1.33. The van der Waals surface area contributed by atoms with E-state index in [4.69, 9.17) is 9.40 Å². The average Bonchev–Trinajstić information content (AvgIpc) is 3.22. The van der Waals surface area contributed by atoms with Crippen molar-refractivity contribution in [2.24, 2.45) is 17.9 Å². The summed E-state index contributed by atoms with van der Waals surface area (Å²) >= 11 is 0. The van der Waals surface area contributed by atoms with Gasteiger partial charge < -0.3 is 19.0 Å². The molecule has 2 bridgehead atoms. The number of para-hydroxylation sites is 2. The zero-order chi connectivity index (χ0) is 24.7. The van der Waals surface area contributed by atoms with Gasteiger partial charge in [-0.05, 0) is 43.0 Å². The molecule has 6 nitrogen and oxygen atoms in total. The minimum atomic E-state index is -0.105. The number of hydrogen-bond acceptors (Lipinski definition) is 4. The van der Waals surface area contributed by atoms with E-state index in [0.717, 1.165) is 23.1 Å². The first-order valence-electron chi connectivity index (χ1n) is 12.6. The van der Waals surface area contributed by atoms with Crippen LogP contribution >= 0.6 is 0 Å². The first kappa shape index (κ1) is 22.4. The Hall–Kier alpha value is -3.12. The molecule has 3 atom stereocenters. The zero-order valence-corrected chi connectivity index (χ0v) is 21.2. The summed E-state index contributed by atoms with van der Waals surface area (Å²) in [6, 6.07) is 11.8. The lowest BCUT2D eigenvalue weighted by molar-refractivity contribution is -0.928. The van der Waals surface area contributed by atoms with E-state index in [-0.39, 0.29) is 11.2 Å². The van der Waals surface area contributed by atoms with Crippen LogP contribution < -0.4 is 10.3 Å². The van der Waals surface area contributed by atoms with Crippen LogP contribution in [0.1, 0.15) is 51.4 Å². The zero-order valence-electron chi connectivity index (χ0n) is 21.2. The highest BCUT2D eigenvalue weighted by Crippen LogP contribution is 2.47. The number of imidazole rings is 1. The molecule has 2 fully saturated rings. The summed E-state index contributed by atoms with van der Waals surface area (Å²) in [5, 5.41) is 11.4. The fourth-order valence-electron chi connectivity index (χ4n) is 7.39. The van der Waals surface area contributed by atoms with Crippen LogP contribution in [0.25, 0.3) is 33.4 Å². The molecule has 1 aliphatic carbocycles. The van der Waals surface area contributed by atoms with E-state index in [1.54, 1.807) is 12.1 Å². The summed E-state index contributed by atoms with van der Waals surface area (Å²) < 4.78 is 8.30. The van der Waals surface area contributed by atoms with Crippen molar-refractivity contribution in [3.05, 3.63) is 57.9 Å². The van der Waals surface area contributed by atoms with Gasteiger partial charge >= 0.3 is 0 Å². The Morgan fingerprint density at radius 1 is 1.17 bits per heavy atom. The normalized spacial score (nSPS) is 25.5. The van der Waals surface area contributed by atoms with Gasteiger partial charge in [-0.15, -0.1) is 0 Å². The second kappa shape index (κ2) is 7.44. The Bertz CT molecular complexity index is 1550. The number of phenols is 1. The Balaban J connectivity index is 1.46. The minimum absolute atomic E-state index is 0.105. The second-order valence-electron chi connectivity index (χ2n) is 12.1. The summed E-state index contributed by atoms with van der Waals surface area (Å²) in [5.41, 5.74) is 4.09. The monoisotopic (exact) mass is 472 g/mol. The van der Waals surface area contributed by atoms with Gasteiger partial charge in [-0.2, -0.15) is 0 Å². The Morgan fingerprint density at radius 2 is 1.94 bits per heavy atom. The van der Waals surface area contributed by atoms with Crippen LogP contribution in [0.15, 0.2) is 45.6 Å². The molecule has 0 radical (unpaired) electrons. The summed E-state index contributed by atoms with van der Waals surface area (Å²) in [6.45, 7) is 10.7. The molecule has 1 saturated carbocycles. The van der Waals surface area contributed by atoms with Gasteiger partial charge in [0.25, 0.3) is 0 Å². The van der Waals surface area contributed by atoms with Gasteiger partial charge in [0.15, 0.2) is 5.58 Å². The Morgan fingerprint density at radius 3 is 2.71 bits per heavy atom. The number of nitrogens with zero attached hydrogens (tertiary/aromatic N) is 2. The quantitative estimate of drug-likeness (QED) is 0.465. The molecule has 2 aliphatic rings. The maximum atomic E-state index is 13.8. The smallest absolute Gasteiger partial charge is 0.203 e. The van der Waals surface area contributed by atoms with Crippen LogP contribution in [0.2, 0.25) is 0 Å². The number of benzene rings is 2. The molecule has 2 aromatic carbocycles. The fourth-order valence-corrected chi connectivity index (χ4v) is 7.39. The number of hydrogen-bond donors (Lipinski definition) is 2. The molecule has 6 rings (SSSR count). The van der Waals surface area contributed by atoms with Gasteiger partial charge in [0.2, 0.25) is 5.43 Å². The van der Waals surface area contributed by atoms with Gasteiger partial charge in [0.1, 0.15) is 29.4 Å². The van der Waals surface area contributed by atoms with E-state index >= 15 is 0 Å². The minimum Gasteiger partial charge on any atom is -0.507 e. The van der Waals surface area contributed by atoms with Gasteiger partial charge in [0.05, 0.1) is 34.6 Å². The molecule has 1 aliphatic heterocycles. The van der Waals surface area contributed by atoms with Crippen LogP contribution in [0, 0.1) is 17.8 Å². The van der Waals surface area contributed by atoms with Crippen molar-refractivity contribution < 1.29 is 14.4 Å². The van der Waals surface area contributed by atoms with E-state index in [2.05, 4.69) is 20.8 Å². The standard InChI is InChI=1S/C29H33N3O3/c1-17-24(27-30-21-8-6-7-9-22(21)31(27)5)25(34)19-10-11-23(33)20(26(19)35-17)14-32-16-29(4)13-18(32)12-28(2,3)15-29/h6-11,18,33H,12-16H2,1-5H3/p+1/t18-,29-/m1/s1. The number of aromatic nitrogens is 2. The van der Waals surface area contributed by atoms with Gasteiger partial charge in [-0.3, -0.25) is 4.79 Å². The lowest BCUT2D eigenvalue weighted by atomic mass is 9.65. The predicted octanol–water partition coefficient (Wildman–Crippen LogP) is 4.34. The Labute approximate surface area is 205 Å². The SMILES string of the molecule is Cc1oc2c(C[NH+]3C[C@]4(C)C[C@H]3CC(C)(C)C4)c(O)ccc2c(=O)c1-c1nc2ccccc2n1C. The molecule has 4 aromatic rings. The van der Waals surface area contributed by atoms with Crippen LogP contribution in [0.3, 0.4) is 0 Å². The van der Waals surface area contributed by atoms with E-state index in [1.165, 1.54) is 24.2 Å². The van der Waals surface area contributed by atoms with E-state index in [1.807, 2.05) is 42.8 Å². The summed E-state index contributed by atoms with van der Waals surface area (Å²) in [6.07, 6.45) is 3.64. The number of rotatable bonds is 3. The van der Waals surface area contributed by atoms with Crippen molar-refractivity contribution in [1.82, 2.24) is 9.55 Å². The fraction of sp³-hybridized carbons (Fsp3) is 0.448. The van der Waals surface area contributed by atoms with Crippen molar-refractivity contribution >= 4 is 22.0 Å². The third-order valence-electron chi connectivity index (χ3n) is 8.40. The maximum absolute atomic E-state index is 13.8. The van der Waals surface area contributed by atoms with Crippen molar-refractivity contribution in [2.75, 3.05) is 6.54 Å². The molecular weight excluding hydrogens is 438 g/mol. The van der Waals surface area contributed by atoms with Gasteiger partial charge in [0, 0.05) is 25.3 Å². The van der Waals surface area contributed by atoms with Crippen molar-refractivity contribution in [3.63, 3.8) is 0 Å². The molecular formula is C29H34N3O3+. The average molecular weight is 473 g/mol. The predicted molar refractivity (Wildman–Crippen MR) is 138 cm³/mol. The molecule has 35 heavy (non-hydrogen) atoms. The van der Waals surface area contributed by atoms with Crippen LogP contribution in [-0.2, 0) is 13.6 Å². The molecule has 6 heteroatoms. The summed E-state index contributed by atoms with van der Waals surface area (Å²) in [4.78, 5) is 20.0. The third kappa shape index (κ3) is 3.49. The highest BCUT2D eigenvalue weighted by atomic mass is 16.3. The number of aromatic hydroxyl groups is 1. The van der Waals surface area contributed by atoms with E-state index < -0.39 is 0 Å². The van der Waals surface area contributed by atoms with Crippen molar-refractivity contribution in [2.45, 2.75) is 59.5 Å². The lowest BCUT2D eigenvalue weighted by Gasteiger charge is -2.37. The number of quaternary nitrogens is 1. The lowest BCUT2D eigenvalue weighted by Crippen LogP contribution is -3.12. The number of nitrogens with one attached hydrogen (secondary N) is 1. The Kier molecular flexibility index (Phi) is 4.75. The highest BCUT2D eigenvalue weighted by Gasteiger charge is 2.52. The number of phenolic OH excluding ortho intramolecular Hbond substituents is 1. The number of likely N-dealkylation sites (tertiary alicyclic amines) is 1. The first-order valence-corrected chi connectivity index (χ1v) is 12.6. The van der Waals surface area contributed by atoms with Crippen molar-refractivity contribution in [1.29, 1.82) is 0 Å². The van der Waals surface area contributed by atoms with E-state index in [0.29, 0.717) is 51.5 Å². The van der Waals surface area contributed by atoms with Crippen LogP contribution in [0.4, 0.5) is 0 Å². The molecule has 1 saturated heterocycles. The molecule has 182 valence electrons. The number of aryl methyl sites for hydroxylation is 2. The molecule has 0 amide bonds. The molecule has 1 unspecified atom stereocenters. The van der Waals surface area contributed by atoms with Crippen molar-refractivity contribution in [3.8, 4) is 17.1 Å². The third-order valence-corrected chi connectivity index (χ3v) is 8.40. The largest absolute Gasteiger partial charge is 0.507 e. The molecule has 2 aromatic heterocycles. The number of fused-ring (bicyclic) bond motifs is 4. The molecule has 3 heterocycles. The topological polar surface area (TPSA) is 72.7 Å². The molecule has 2 N–H and O–H groups in total. The van der Waals surface area contributed by atoms with E-state index in [9.17, 15) is 9.90 Å². The molecule has 0 spiro atoms.